The van der Waals surface area contributed by atoms with Crippen molar-refractivity contribution in [1.29, 1.82) is 0 Å². The topological polar surface area (TPSA) is 38.7 Å². The van der Waals surface area contributed by atoms with Gasteiger partial charge in [-0.25, -0.2) is 0 Å². The number of benzene rings is 1. The van der Waals surface area contributed by atoms with Crippen LogP contribution in [0.2, 0.25) is 0 Å². The van der Waals surface area contributed by atoms with Crippen LogP contribution in [-0.2, 0) is 5.41 Å². The van der Waals surface area contributed by atoms with Gasteiger partial charge in [0.15, 0.2) is 11.5 Å². The Morgan fingerprint density at radius 3 is 2.65 bits per heavy atom. The van der Waals surface area contributed by atoms with E-state index in [1.165, 1.54) is 0 Å². The standard InChI is InChI=1S/C13H17BrO3/c1-8-6-9-12(17-5-4-16-9)11(14)10(8)13(2,3)7-15/h6,15H,4-5,7H2,1-3H3. The van der Waals surface area contributed by atoms with Gasteiger partial charge in [-0.05, 0) is 40.0 Å². The number of rotatable bonds is 2. The SMILES string of the molecule is Cc1cc2c(c(Br)c1C(C)(C)CO)OCCO2. The third-order valence-corrected chi connectivity index (χ3v) is 3.80. The molecule has 1 aliphatic heterocycles. The van der Waals surface area contributed by atoms with Gasteiger partial charge in [-0.3, -0.25) is 0 Å². The van der Waals surface area contributed by atoms with E-state index in [1.807, 2.05) is 26.8 Å². The number of aryl methyl sites for hydroxylation is 1. The maximum atomic E-state index is 9.51. The van der Waals surface area contributed by atoms with Crippen LogP contribution in [0.1, 0.15) is 25.0 Å². The fourth-order valence-corrected chi connectivity index (χ4v) is 3.34. The predicted octanol–water partition coefficient (Wildman–Crippen LogP) is 2.80. The first-order chi connectivity index (χ1) is 7.97. The molecule has 0 unspecified atom stereocenters. The van der Waals surface area contributed by atoms with Crippen LogP contribution >= 0.6 is 15.9 Å². The summed E-state index contributed by atoms with van der Waals surface area (Å²) in [5.41, 5.74) is 1.86. The van der Waals surface area contributed by atoms with Crippen LogP contribution < -0.4 is 9.47 Å². The van der Waals surface area contributed by atoms with Crippen molar-refractivity contribution in [3.63, 3.8) is 0 Å². The average molecular weight is 301 g/mol. The normalized spacial score (nSPS) is 14.9. The maximum absolute atomic E-state index is 9.51. The lowest BCUT2D eigenvalue weighted by Gasteiger charge is -2.29. The summed E-state index contributed by atoms with van der Waals surface area (Å²) in [7, 11) is 0. The highest BCUT2D eigenvalue weighted by Gasteiger charge is 2.29. The molecule has 0 saturated carbocycles. The Bertz CT molecular complexity index is 441. The minimum absolute atomic E-state index is 0.0894. The van der Waals surface area contributed by atoms with Crippen molar-refractivity contribution in [2.24, 2.45) is 0 Å². The van der Waals surface area contributed by atoms with Crippen LogP contribution in [0.3, 0.4) is 0 Å². The molecule has 0 aromatic heterocycles. The minimum atomic E-state index is -0.307. The Morgan fingerprint density at radius 1 is 1.35 bits per heavy atom. The molecule has 94 valence electrons. The van der Waals surface area contributed by atoms with Crippen LogP contribution in [0, 0.1) is 6.92 Å². The van der Waals surface area contributed by atoms with Gasteiger partial charge in [0.1, 0.15) is 13.2 Å². The van der Waals surface area contributed by atoms with Crippen LogP contribution in [0.5, 0.6) is 11.5 Å². The maximum Gasteiger partial charge on any atom is 0.175 e. The largest absolute Gasteiger partial charge is 0.486 e. The van der Waals surface area contributed by atoms with Gasteiger partial charge in [0.2, 0.25) is 0 Å². The van der Waals surface area contributed by atoms with E-state index in [9.17, 15) is 5.11 Å². The summed E-state index contributed by atoms with van der Waals surface area (Å²) in [6, 6.07) is 1.98. The zero-order chi connectivity index (χ0) is 12.6. The number of hydrogen-bond donors (Lipinski definition) is 1. The summed E-state index contributed by atoms with van der Waals surface area (Å²) in [6.45, 7) is 7.28. The molecule has 1 aromatic carbocycles. The number of hydrogen-bond acceptors (Lipinski definition) is 3. The third-order valence-electron chi connectivity index (χ3n) is 3.04. The fourth-order valence-electron chi connectivity index (χ4n) is 2.18. The van der Waals surface area contributed by atoms with Gasteiger partial charge in [0.05, 0.1) is 11.1 Å². The van der Waals surface area contributed by atoms with Gasteiger partial charge >= 0.3 is 0 Å². The Morgan fingerprint density at radius 2 is 2.00 bits per heavy atom. The van der Waals surface area contributed by atoms with E-state index < -0.39 is 0 Å². The van der Waals surface area contributed by atoms with Crippen molar-refractivity contribution in [3.05, 3.63) is 21.7 Å². The molecular weight excluding hydrogens is 284 g/mol. The van der Waals surface area contributed by atoms with E-state index in [4.69, 9.17) is 9.47 Å². The van der Waals surface area contributed by atoms with E-state index in [0.29, 0.717) is 13.2 Å². The molecule has 1 aliphatic rings. The zero-order valence-electron chi connectivity index (χ0n) is 10.3. The summed E-state index contributed by atoms with van der Waals surface area (Å²) >= 11 is 3.58. The molecule has 3 nitrogen and oxygen atoms in total. The lowest BCUT2D eigenvalue weighted by Crippen LogP contribution is -2.25. The molecule has 2 rings (SSSR count). The molecule has 0 amide bonds. The Labute approximate surface area is 110 Å². The first-order valence-electron chi connectivity index (χ1n) is 5.67. The summed E-state index contributed by atoms with van der Waals surface area (Å²) in [4.78, 5) is 0. The second kappa shape index (κ2) is 4.50. The quantitative estimate of drug-likeness (QED) is 0.913. The third kappa shape index (κ3) is 2.16. The van der Waals surface area contributed by atoms with Crippen molar-refractivity contribution < 1.29 is 14.6 Å². The van der Waals surface area contributed by atoms with Crippen molar-refractivity contribution >= 4 is 15.9 Å². The monoisotopic (exact) mass is 300 g/mol. The predicted molar refractivity (Wildman–Crippen MR) is 70.0 cm³/mol. The van der Waals surface area contributed by atoms with Gasteiger partial charge in [0, 0.05) is 5.41 Å². The Balaban J connectivity index is 2.61. The number of aliphatic hydroxyl groups is 1. The molecular formula is C13H17BrO3. The van der Waals surface area contributed by atoms with Crippen molar-refractivity contribution in [3.8, 4) is 11.5 Å². The van der Waals surface area contributed by atoms with Gasteiger partial charge < -0.3 is 14.6 Å². The zero-order valence-corrected chi connectivity index (χ0v) is 11.9. The molecule has 0 saturated heterocycles. The lowest BCUT2D eigenvalue weighted by atomic mass is 9.82. The second-order valence-electron chi connectivity index (χ2n) is 4.95. The number of halogens is 1. The van der Waals surface area contributed by atoms with E-state index >= 15 is 0 Å². The van der Waals surface area contributed by atoms with Gasteiger partial charge in [-0.2, -0.15) is 0 Å². The highest BCUT2D eigenvalue weighted by Crippen LogP contribution is 2.45. The van der Waals surface area contributed by atoms with E-state index in [1.54, 1.807) is 0 Å². The van der Waals surface area contributed by atoms with Crippen molar-refractivity contribution in [2.75, 3.05) is 19.8 Å². The molecule has 0 atom stereocenters. The number of ether oxygens (including phenoxy) is 2. The smallest absolute Gasteiger partial charge is 0.175 e. The van der Waals surface area contributed by atoms with Crippen molar-refractivity contribution in [1.82, 2.24) is 0 Å². The van der Waals surface area contributed by atoms with Crippen LogP contribution in [0.15, 0.2) is 10.5 Å². The summed E-state index contributed by atoms with van der Waals surface area (Å²) in [5, 5.41) is 9.51. The van der Waals surface area contributed by atoms with E-state index in [-0.39, 0.29) is 12.0 Å². The van der Waals surface area contributed by atoms with Gasteiger partial charge in [0.25, 0.3) is 0 Å². The lowest BCUT2D eigenvalue weighted by molar-refractivity contribution is 0.168. The Kier molecular flexibility index (Phi) is 3.36. The van der Waals surface area contributed by atoms with Crippen LogP contribution in [0.4, 0.5) is 0 Å². The van der Waals surface area contributed by atoms with Crippen LogP contribution in [0.25, 0.3) is 0 Å². The highest BCUT2D eigenvalue weighted by molar-refractivity contribution is 9.10. The number of aliphatic hydroxyl groups excluding tert-OH is 1. The first kappa shape index (κ1) is 12.7. The molecule has 0 aliphatic carbocycles. The van der Waals surface area contributed by atoms with Gasteiger partial charge in [-0.15, -0.1) is 0 Å². The first-order valence-corrected chi connectivity index (χ1v) is 6.46. The molecule has 17 heavy (non-hydrogen) atoms. The minimum Gasteiger partial charge on any atom is -0.486 e. The average Bonchev–Trinajstić information content (AvgIpc) is 2.28. The second-order valence-corrected chi connectivity index (χ2v) is 5.74. The molecule has 0 fully saturated rings. The molecule has 4 heteroatoms. The molecule has 0 bridgehead atoms. The molecule has 1 aromatic rings. The van der Waals surface area contributed by atoms with Crippen molar-refractivity contribution in [2.45, 2.75) is 26.2 Å². The molecule has 1 N–H and O–H groups in total. The summed E-state index contributed by atoms with van der Waals surface area (Å²) in [5.74, 6) is 1.52. The van der Waals surface area contributed by atoms with E-state index in [0.717, 1.165) is 27.1 Å². The molecule has 0 radical (unpaired) electrons. The number of fused-ring (bicyclic) bond motifs is 1. The molecule has 0 spiro atoms. The van der Waals surface area contributed by atoms with Gasteiger partial charge in [-0.1, -0.05) is 13.8 Å². The van der Waals surface area contributed by atoms with E-state index in [2.05, 4.69) is 15.9 Å². The summed E-state index contributed by atoms with van der Waals surface area (Å²) < 4.78 is 12.1. The summed E-state index contributed by atoms with van der Waals surface area (Å²) in [6.07, 6.45) is 0. The Hall–Kier alpha value is -0.740. The molecule has 1 heterocycles. The fraction of sp³-hybridized carbons (Fsp3) is 0.538. The van der Waals surface area contributed by atoms with Crippen LogP contribution in [-0.4, -0.2) is 24.9 Å². The highest BCUT2D eigenvalue weighted by atomic mass is 79.9.